The first-order valence-electron chi connectivity index (χ1n) is 9.39. The lowest BCUT2D eigenvalue weighted by atomic mass is 9.78. The second kappa shape index (κ2) is 6.44. The van der Waals surface area contributed by atoms with Crippen LogP contribution in [-0.2, 0) is 17.6 Å². The predicted octanol–water partition coefficient (Wildman–Crippen LogP) is 0.818. The first kappa shape index (κ1) is 16.6. The van der Waals surface area contributed by atoms with E-state index in [9.17, 15) is 9.90 Å². The van der Waals surface area contributed by atoms with Crippen molar-refractivity contribution in [1.29, 1.82) is 0 Å². The Hall–Kier alpha value is -1.89. The number of fused-ring (bicyclic) bond motifs is 1. The molecule has 1 spiro atoms. The monoisotopic (exact) mass is 345 g/mol. The van der Waals surface area contributed by atoms with Crippen molar-refractivity contribution in [2.24, 2.45) is 5.41 Å². The molecule has 2 fully saturated rings. The van der Waals surface area contributed by atoms with E-state index in [-0.39, 0.29) is 17.9 Å². The average Bonchev–Trinajstić information content (AvgIpc) is 3.26. The van der Waals surface area contributed by atoms with Crippen LogP contribution in [0.2, 0.25) is 0 Å². The number of likely N-dealkylation sites (tertiary alicyclic amines) is 1. The molecule has 1 atom stereocenters. The van der Waals surface area contributed by atoms with Gasteiger partial charge in [0.1, 0.15) is 5.82 Å². The second-order valence-electron chi connectivity index (χ2n) is 7.47. The fourth-order valence-electron chi connectivity index (χ4n) is 4.68. The van der Waals surface area contributed by atoms with Crippen molar-refractivity contribution in [2.45, 2.75) is 38.5 Å². The minimum absolute atomic E-state index is 0.0327. The van der Waals surface area contributed by atoms with Crippen molar-refractivity contribution in [3.8, 4) is 0 Å². The van der Waals surface area contributed by atoms with Gasteiger partial charge in [0.25, 0.3) is 0 Å². The number of aliphatic hydroxyl groups is 1. The SMILES string of the molecule is CNc1nc(N2CCC3(CCCN(CCO)C3=O)C2)nc2c1CCC2. The molecule has 3 aliphatic rings. The third-order valence-corrected chi connectivity index (χ3v) is 5.99. The number of nitrogens with zero attached hydrogens (tertiary/aromatic N) is 4. The first-order chi connectivity index (χ1) is 12.2. The van der Waals surface area contributed by atoms with E-state index in [1.165, 1.54) is 5.56 Å². The fraction of sp³-hybridized carbons (Fsp3) is 0.722. The summed E-state index contributed by atoms with van der Waals surface area (Å²) < 4.78 is 0. The van der Waals surface area contributed by atoms with Gasteiger partial charge in [0.05, 0.1) is 17.7 Å². The van der Waals surface area contributed by atoms with Crippen molar-refractivity contribution in [3.63, 3.8) is 0 Å². The maximum absolute atomic E-state index is 13.0. The van der Waals surface area contributed by atoms with Crippen LogP contribution in [0.25, 0.3) is 0 Å². The smallest absolute Gasteiger partial charge is 0.230 e. The molecular formula is C18H27N5O2. The van der Waals surface area contributed by atoms with Crippen molar-refractivity contribution < 1.29 is 9.90 Å². The number of carbonyl (C=O) groups excluding carboxylic acids is 1. The number of hydrogen-bond acceptors (Lipinski definition) is 6. The first-order valence-corrected chi connectivity index (χ1v) is 9.39. The van der Waals surface area contributed by atoms with Gasteiger partial charge in [-0.2, -0.15) is 4.98 Å². The van der Waals surface area contributed by atoms with Crippen LogP contribution in [-0.4, -0.2) is 65.7 Å². The summed E-state index contributed by atoms with van der Waals surface area (Å²) in [4.78, 5) is 26.5. The number of amides is 1. The minimum atomic E-state index is -0.324. The zero-order chi connectivity index (χ0) is 17.4. The van der Waals surface area contributed by atoms with Crippen molar-refractivity contribution >= 4 is 17.7 Å². The van der Waals surface area contributed by atoms with Crippen LogP contribution in [0.5, 0.6) is 0 Å². The van der Waals surface area contributed by atoms with E-state index in [1.807, 2.05) is 11.9 Å². The number of aliphatic hydroxyl groups excluding tert-OH is 1. The zero-order valence-electron chi connectivity index (χ0n) is 14.9. The van der Waals surface area contributed by atoms with Gasteiger partial charge < -0.3 is 20.2 Å². The van der Waals surface area contributed by atoms with Crippen LogP contribution in [0.4, 0.5) is 11.8 Å². The van der Waals surface area contributed by atoms with Gasteiger partial charge in [0, 0.05) is 38.8 Å². The summed E-state index contributed by atoms with van der Waals surface area (Å²) >= 11 is 0. The molecule has 136 valence electrons. The molecule has 0 radical (unpaired) electrons. The lowest BCUT2D eigenvalue weighted by molar-refractivity contribution is -0.145. The van der Waals surface area contributed by atoms with Gasteiger partial charge in [-0.25, -0.2) is 4.98 Å². The number of aromatic nitrogens is 2. The van der Waals surface area contributed by atoms with Crippen molar-refractivity contribution in [1.82, 2.24) is 14.9 Å². The van der Waals surface area contributed by atoms with Crippen LogP contribution >= 0.6 is 0 Å². The summed E-state index contributed by atoms with van der Waals surface area (Å²) in [5, 5.41) is 12.4. The summed E-state index contributed by atoms with van der Waals surface area (Å²) in [6.07, 6.45) is 5.98. The van der Waals surface area contributed by atoms with Crippen molar-refractivity contribution in [3.05, 3.63) is 11.3 Å². The van der Waals surface area contributed by atoms with E-state index in [1.54, 1.807) is 0 Å². The molecule has 1 amide bonds. The number of piperidine rings is 1. The lowest BCUT2D eigenvalue weighted by Crippen LogP contribution is -2.50. The molecule has 0 aromatic carbocycles. The highest BCUT2D eigenvalue weighted by molar-refractivity contribution is 5.85. The Kier molecular flexibility index (Phi) is 4.27. The van der Waals surface area contributed by atoms with Crippen LogP contribution in [0.3, 0.4) is 0 Å². The Morgan fingerprint density at radius 2 is 2.08 bits per heavy atom. The van der Waals surface area contributed by atoms with E-state index < -0.39 is 0 Å². The average molecular weight is 345 g/mol. The van der Waals surface area contributed by atoms with Gasteiger partial charge in [-0.15, -0.1) is 0 Å². The van der Waals surface area contributed by atoms with Gasteiger partial charge in [-0.3, -0.25) is 4.79 Å². The van der Waals surface area contributed by atoms with Crippen molar-refractivity contribution in [2.75, 3.05) is 50.1 Å². The number of β-amino-alcohol motifs (C(OH)–C–C–N with tert-alkyl or cyclic N) is 1. The van der Waals surface area contributed by atoms with Gasteiger partial charge in [-0.05, 0) is 38.5 Å². The van der Waals surface area contributed by atoms with E-state index in [0.717, 1.165) is 69.1 Å². The number of anilines is 2. The molecule has 0 bridgehead atoms. The second-order valence-corrected chi connectivity index (χ2v) is 7.47. The van der Waals surface area contributed by atoms with Gasteiger partial charge in [0.15, 0.2) is 0 Å². The molecule has 0 saturated carbocycles. The van der Waals surface area contributed by atoms with Crippen LogP contribution in [0, 0.1) is 5.41 Å². The summed E-state index contributed by atoms with van der Waals surface area (Å²) in [5.41, 5.74) is 2.09. The molecule has 3 heterocycles. The highest BCUT2D eigenvalue weighted by atomic mass is 16.3. The molecule has 4 rings (SSSR count). The van der Waals surface area contributed by atoms with E-state index in [2.05, 4.69) is 10.2 Å². The molecule has 1 aliphatic carbocycles. The van der Waals surface area contributed by atoms with Gasteiger partial charge in [0.2, 0.25) is 11.9 Å². The maximum Gasteiger partial charge on any atom is 0.230 e. The van der Waals surface area contributed by atoms with Crippen LogP contribution in [0.15, 0.2) is 0 Å². The van der Waals surface area contributed by atoms with E-state index in [0.29, 0.717) is 13.1 Å². The largest absolute Gasteiger partial charge is 0.395 e. The van der Waals surface area contributed by atoms with Gasteiger partial charge >= 0.3 is 0 Å². The van der Waals surface area contributed by atoms with Gasteiger partial charge in [-0.1, -0.05) is 0 Å². The molecule has 1 aromatic rings. The lowest BCUT2D eigenvalue weighted by Gasteiger charge is -2.39. The standard InChI is InChI=1S/C18H27N5O2/c1-19-15-13-4-2-5-14(13)20-17(21-15)23-9-7-18(12-23)6-3-8-22(10-11-24)16(18)25/h24H,2-12H2,1H3,(H,19,20,21). The quantitative estimate of drug-likeness (QED) is 0.841. The van der Waals surface area contributed by atoms with Crippen LogP contribution < -0.4 is 10.2 Å². The third-order valence-electron chi connectivity index (χ3n) is 5.99. The molecule has 1 aromatic heterocycles. The molecule has 7 heteroatoms. The number of aryl methyl sites for hydroxylation is 1. The molecule has 2 N–H and O–H groups in total. The van der Waals surface area contributed by atoms with E-state index in [4.69, 9.17) is 9.97 Å². The Morgan fingerprint density at radius 3 is 2.88 bits per heavy atom. The molecule has 1 unspecified atom stereocenters. The summed E-state index contributed by atoms with van der Waals surface area (Å²) in [5.74, 6) is 1.90. The number of rotatable bonds is 4. The Balaban J connectivity index is 1.57. The Morgan fingerprint density at radius 1 is 1.20 bits per heavy atom. The Labute approximate surface area is 148 Å². The highest BCUT2D eigenvalue weighted by Crippen LogP contribution is 2.41. The van der Waals surface area contributed by atoms with E-state index >= 15 is 0 Å². The summed E-state index contributed by atoms with van der Waals surface area (Å²) in [7, 11) is 1.91. The summed E-state index contributed by atoms with van der Waals surface area (Å²) in [6.45, 7) is 2.75. The minimum Gasteiger partial charge on any atom is -0.395 e. The highest BCUT2D eigenvalue weighted by Gasteiger charge is 2.48. The zero-order valence-corrected chi connectivity index (χ0v) is 14.9. The molecular weight excluding hydrogens is 318 g/mol. The topological polar surface area (TPSA) is 81.6 Å². The molecule has 2 aliphatic heterocycles. The number of hydrogen-bond donors (Lipinski definition) is 2. The molecule has 7 nitrogen and oxygen atoms in total. The third kappa shape index (κ3) is 2.74. The normalized spacial score (nSPS) is 25.8. The van der Waals surface area contributed by atoms with Crippen LogP contribution in [0.1, 0.15) is 36.9 Å². The molecule has 25 heavy (non-hydrogen) atoms. The number of nitrogens with one attached hydrogen (secondary N) is 1. The maximum atomic E-state index is 13.0. The molecule has 2 saturated heterocycles. The fourth-order valence-corrected chi connectivity index (χ4v) is 4.68. The Bertz CT molecular complexity index is 678. The summed E-state index contributed by atoms with van der Waals surface area (Å²) in [6, 6.07) is 0. The predicted molar refractivity (Wildman–Crippen MR) is 95.8 cm³/mol. The number of carbonyl (C=O) groups is 1.